The number of methoxy groups -OCH3 is 3. The van der Waals surface area contributed by atoms with Crippen molar-refractivity contribution in [3.05, 3.63) is 51.5 Å². The molecule has 8 heteroatoms. The van der Waals surface area contributed by atoms with Gasteiger partial charge in [0, 0.05) is 31.5 Å². The van der Waals surface area contributed by atoms with Gasteiger partial charge in [0.2, 0.25) is 5.75 Å². The molecular formula is C21H23Cl2NO5. The minimum absolute atomic E-state index is 0.224. The van der Waals surface area contributed by atoms with Gasteiger partial charge >= 0.3 is 0 Å². The fourth-order valence-electron chi connectivity index (χ4n) is 3.04. The smallest absolute Gasteiger partial charge is 0.253 e. The van der Waals surface area contributed by atoms with Crippen molar-refractivity contribution in [2.24, 2.45) is 0 Å². The Morgan fingerprint density at radius 1 is 1.03 bits per heavy atom. The minimum Gasteiger partial charge on any atom is -0.493 e. The number of likely N-dealkylation sites (N-methyl/N-ethyl adjacent to an activating group) is 1. The van der Waals surface area contributed by atoms with Crippen molar-refractivity contribution in [3.63, 3.8) is 0 Å². The van der Waals surface area contributed by atoms with Crippen LogP contribution in [0.2, 0.25) is 10.0 Å². The number of benzene rings is 2. The maximum absolute atomic E-state index is 13.0. The number of carbonyl (C=O) groups is 2. The second-order valence-corrected chi connectivity index (χ2v) is 7.19. The maximum Gasteiger partial charge on any atom is 0.253 e. The SMILES string of the molecule is COc1cc(C(=O)N(C)C[C@@H](CC=O)c2ccc(Cl)c(Cl)c2)cc(OC)c1OC. The number of halogens is 2. The molecule has 0 bridgehead atoms. The zero-order valence-electron chi connectivity index (χ0n) is 16.7. The molecule has 6 nitrogen and oxygen atoms in total. The zero-order valence-corrected chi connectivity index (χ0v) is 18.2. The number of rotatable bonds is 9. The molecular weight excluding hydrogens is 417 g/mol. The molecule has 2 aromatic carbocycles. The summed E-state index contributed by atoms with van der Waals surface area (Å²) in [6, 6.07) is 8.39. The Morgan fingerprint density at radius 3 is 2.14 bits per heavy atom. The lowest BCUT2D eigenvalue weighted by Crippen LogP contribution is -2.31. The lowest BCUT2D eigenvalue weighted by Gasteiger charge is -2.24. The summed E-state index contributed by atoms with van der Waals surface area (Å²) in [6.07, 6.45) is 1.07. The Balaban J connectivity index is 2.30. The van der Waals surface area contributed by atoms with Crippen LogP contribution in [0, 0.1) is 0 Å². The van der Waals surface area contributed by atoms with Gasteiger partial charge in [0.25, 0.3) is 5.91 Å². The number of nitrogens with zero attached hydrogens (tertiary/aromatic N) is 1. The average Bonchev–Trinajstić information content (AvgIpc) is 2.73. The van der Waals surface area contributed by atoms with Gasteiger partial charge in [-0.3, -0.25) is 4.79 Å². The number of aldehydes is 1. The topological polar surface area (TPSA) is 65.1 Å². The summed E-state index contributed by atoms with van der Waals surface area (Å²) in [7, 11) is 6.13. The van der Waals surface area contributed by atoms with Crippen molar-refractivity contribution in [3.8, 4) is 17.2 Å². The molecule has 0 saturated carbocycles. The van der Waals surface area contributed by atoms with Crippen LogP contribution in [0.1, 0.15) is 28.3 Å². The number of hydrogen-bond donors (Lipinski definition) is 0. The van der Waals surface area contributed by atoms with Crippen LogP contribution in [0.15, 0.2) is 30.3 Å². The van der Waals surface area contributed by atoms with E-state index in [-0.39, 0.29) is 18.2 Å². The quantitative estimate of drug-likeness (QED) is 0.539. The Kier molecular flexibility index (Phi) is 8.17. The van der Waals surface area contributed by atoms with E-state index in [0.29, 0.717) is 39.4 Å². The molecule has 2 rings (SSSR count). The predicted molar refractivity (Wildman–Crippen MR) is 113 cm³/mol. The first kappa shape index (κ1) is 22.8. The van der Waals surface area contributed by atoms with Crippen LogP contribution in [0.4, 0.5) is 0 Å². The van der Waals surface area contributed by atoms with Crippen LogP contribution in [0.3, 0.4) is 0 Å². The molecule has 0 aromatic heterocycles. The summed E-state index contributed by atoms with van der Waals surface area (Å²) in [6.45, 7) is 0.312. The van der Waals surface area contributed by atoms with Gasteiger partial charge in [0.05, 0.1) is 31.4 Å². The fraction of sp³-hybridized carbons (Fsp3) is 0.333. The number of ether oxygens (including phenoxy) is 3. The van der Waals surface area contributed by atoms with Gasteiger partial charge < -0.3 is 23.9 Å². The number of carbonyl (C=O) groups excluding carboxylic acids is 2. The highest BCUT2D eigenvalue weighted by Gasteiger charge is 2.22. The predicted octanol–water partition coefficient (Wildman–Crippen LogP) is 4.46. The molecule has 1 atom stereocenters. The first-order valence-electron chi connectivity index (χ1n) is 8.80. The molecule has 0 unspecified atom stereocenters. The largest absolute Gasteiger partial charge is 0.493 e. The first-order valence-corrected chi connectivity index (χ1v) is 9.55. The van der Waals surface area contributed by atoms with E-state index in [9.17, 15) is 9.59 Å². The van der Waals surface area contributed by atoms with Crippen LogP contribution < -0.4 is 14.2 Å². The summed E-state index contributed by atoms with van der Waals surface area (Å²) in [5.41, 5.74) is 1.21. The molecule has 0 aliphatic rings. The highest BCUT2D eigenvalue weighted by molar-refractivity contribution is 6.42. The normalized spacial score (nSPS) is 11.5. The summed E-state index contributed by atoms with van der Waals surface area (Å²) >= 11 is 12.1. The standard InChI is InChI=1S/C21H23Cl2NO5/c1-24(12-14(7-8-25)13-5-6-16(22)17(23)9-13)21(26)15-10-18(27-2)20(29-4)19(11-15)28-3/h5-6,8-11,14H,7,12H2,1-4H3/t14-/m1/s1. The summed E-state index contributed by atoms with van der Waals surface area (Å²) in [5, 5.41) is 0.834. The highest BCUT2D eigenvalue weighted by atomic mass is 35.5. The van der Waals surface area contributed by atoms with Gasteiger partial charge in [0.1, 0.15) is 6.29 Å². The van der Waals surface area contributed by atoms with Gasteiger partial charge in [-0.2, -0.15) is 0 Å². The van der Waals surface area contributed by atoms with Crippen molar-refractivity contribution in [2.45, 2.75) is 12.3 Å². The zero-order chi connectivity index (χ0) is 21.6. The van der Waals surface area contributed by atoms with Crippen LogP contribution >= 0.6 is 23.2 Å². The van der Waals surface area contributed by atoms with E-state index in [1.807, 2.05) is 0 Å². The minimum atomic E-state index is -0.250. The van der Waals surface area contributed by atoms with E-state index in [1.54, 1.807) is 37.4 Å². The molecule has 156 valence electrons. The molecule has 0 fully saturated rings. The third-order valence-electron chi connectivity index (χ3n) is 4.55. The molecule has 0 aliphatic carbocycles. The summed E-state index contributed by atoms with van der Waals surface area (Å²) in [5.74, 6) is 0.706. The third kappa shape index (κ3) is 5.34. The number of amides is 1. The van der Waals surface area contributed by atoms with Crippen molar-refractivity contribution >= 4 is 35.4 Å². The van der Waals surface area contributed by atoms with E-state index >= 15 is 0 Å². The average molecular weight is 440 g/mol. The van der Waals surface area contributed by atoms with E-state index in [1.165, 1.54) is 26.2 Å². The van der Waals surface area contributed by atoms with Gasteiger partial charge in [-0.25, -0.2) is 0 Å². The molecule has 0 saturated heterocycles. The molecule has 1 amide bonds. The highest BCUT2D eigenvalue weighted by Crippen LogP contribution is 2.38. The molecule has 0 radical (unpaired) electrons. The molecule has 2 aromatic rings. The van der Waals surface area contributed by atoms with Crippen LogP contribution in [-0.4, -0.2) is 52.0 Å². The molecule has 0 spiro atoms. The summed E-state index contributed by atoms with van der Waals surface area (Å²) in [4.78, 5) is 25.7. The molecule has 0 aliphatic heterocycles. The lowest BCUT2D eigenvalue weighted by atomic mass is 9.95. The van der Waals surface area contributed by atoms with Crippen LogP contribution in [-0.2, 0) is 4.79 Å². The van der Waals surface area contributed by atoms with Crippen molar-refractivity contribution in [1.82, 2.24) is 4.90 Å². The van der Waals surface area contributed by atoms with E-state index in [4.69, 9.17) is 37.4 Å². The fourth-order valence-corrected chi connectivity index (χ4v) is 3.34. The Labute approximate surface area is 180 Å². The monoisotopic (exact) mass is 439 g/mol. The second kappa shape index (κ2) is 10.4. The van der Waals surface area contributed by atoms with Crippen molar-refractivity contribution < 1.29 is 23.8 Å². The van der Waals surface area contributed by atoms with E-state index in [2.05, 4.69) is 0 Å². The Bertz CT molecular complexity index is 862. The molecule has 0 heterocycles. The van der Waals surface area contributed by atoms with E-state index < -0.39 is 0 Å². The Morgan fingerprint density at radius 2 is 1.66 bits per heavy atom. The lowest BCUT2D eigenvalue weighted by molar-refractivity contribution is -0.108. The summed E-state index contributed by atoms with van der Waals surface area (Å²) < 4.78 is 15.9. The van der Waals surface area contributed by atoms with Gasteiger partial charge in [-0.05, 0) is 29.8 Å². The van der Waals surface area contributed by atoms with Crippen LogP contribution in [0.25, 0.3) is 0 Å². The van der Waals surface area contributed by atoms with Crippen LogP contribution in [0.5, 0.6) is 17.2 Å². The maximum atomic E-state index is 13.0. The second-order valence-electron chi connectivity index (χ2n) is 6.37. The molecule has 0 N–H and O–H groups in total. The van der Waals surface area contributed by atoms with Gasteiger partial charge in [-0.15, -0.1) is 0 Å². The third-order valence-corrected chi connectivity index (χ3v) is 5.29. The van der Waals surface area contributed by atoms with Crippen molar-refractivity contribution in [2.75, 3.05) is 34.9 Å². The van der Waals surface area contributed by atoms with Crippen molar-refractivity contribution in [1.29, 1.82) is 0 Å². The van der Waals surface area contributed by atoms with Gasteiger partial charge in [0.15, 0.2) is 11.5 Å². The molecule has 29 heavy (non-hydrogen) atoms. The van der Waals surface area contributed by atoms with Gasteiger partial charge in [-0.1, -0.05) is 29.3 Å². The first-order chi connectivity index (χ1) is 13.9. The Hall–Kier alpha value is -2.44. The number of hydrogen-bond acceptors (Lipinski definition) is 5. The van der Waals surface area contributed by atoms with E-state index in [0.717, 1.165) is 11.8 Å².